The molecule has 2 aliphatic heterocycles. The molecule has 23 heteroatoms. The Hall–Kier alpha value is -3.37. The summed E-state index contributed by atoms with van der Waals surface area (Å²) in [4.78, 5) is 36.6. The number of nitrogen functional groups attached to an aromatic ring is 1. The summed E-state index contributed by atoms with van der Waals surface area (Å²) in [5, 5.41) is 35.1. The quantitative estimate of drug-likeness (QED) is 0.0890. The first-order chi connectivity index (χ1) is 20.1. The van der Waals surface area contributed by atoms with Crippen LogP contribution in [0.2, 0.25) is 0 Å². The fourth-order valence-electron chi connectivity index (χ4n) is 4.75. The maximum Gasteiger partial charge on any atom is 0.386 e. The molecule has 42 heavy (non-hydrogen) atoms. The molecule has 20 nitrogen and oxygen atoms in total. The summed E-state index contributed by atoms with van der Waals surface area (Å²) < 4.78 is 52.5. The number of anilines is 1. The number of halogens is 1. The number of aliphatic hydroxyl groups excluding tert-OH is 2. The molecule has 6 heterocycles. The highest BCUT2D eigenvalue weighted by Gasteiger charge is 2.47. The van der Waals surface area contributed by atoms with Crippen molar-refractivity contribution in [2.45, 2.75) is 55.9 Å². The van der Waals surface area contributed by atoms with Crippen molar-refractivity contribution < 1.29 is 37.7 Å². The molecule has 4 aromatic heterocycles. The summed E-state index contributed by atoms with van der Waals surface area (Å²) in [5.74, 6) is -0.204. The van der Waals surface area contributed by atoms with E-state index < -0.39 is 67.6 Å². The van der Waals surface area contributed by atoms with Gasteiger partial charge in [0.25, 0.3) is 11.1 Å². The number of nitrogens with two attached hydrogens (primary N) is 1. The van der Waals surface area contributed by atoms with Gasteiger partial charge in [0.2, 0.25) is 5.95 Å². The van der Waals surface area contributed by atoms with Crippen LogP contribution in [0.1, 0.15) is 25.3 Å². The van der Waals surface area contributed by atoms with Crippen molar-refractivity contribution >= 4 is 47.3 Å². The van der Waals surface area contributed by atoms with E-state index in [9.17, 15) is 28.8 Å². The second kappa shape index (κ2) is 11.0. The van der Waals surface area contributed by atoms with E-state index in [1.807, 2.05) is 0 Å². The summed E-state index contributed by atoms with van der Waals surface area (Å²) >= 11 is 4.01. The molecule has 226 valence electrons. The number of hydrogen-bond donors (Lipinski definition) is 6. The predicted molar refractivity (Wildman–Crippen MR) is 139 cm³/mol. The first kappa shape index (κ1) is 28.7. The largest absolute Gasteiger partial charge is 0.394 e. The SMILES string of the molecule is Nc1nc2c(nnn2[C@@H]2O[C@H](CO)C[C@H]2OP(=O)(S)OCC[C@H]2O[C@@H](n3nnc4c(=O)[nH]cnc43)[C@@H](F)[C@@H]2O)c(=O)[nH]1. The highest BCUT2D eigenvalue weighted by molar-refractivity contribution is 8.44. The number of H-pyrrole nitrogens is 2. The van der Waals surface area contributed by atoms with Crippen LogP contribution >= 0.6 is 19.0 Å². The minimum Gasteiger partial charge on any atom is -0.394 e. The van der Waals surface area contributed by atoms with Gasteiger partial charge in [0.15, 0.2) is 41.0 Å². The van der Waals surface area contributed by atoms with Crippen LogP contribution in [-0.4, -0.2) is 104 Å². The number of aromatic nitrogens is 10. The maximum atomic E-state index is 15.0. The number of ether oxygens (including phenoxy) is 2. The lowest BCUT2D eigenvalue weighted by Gasteiger charge is -2.22. The van der Waals surface area contributed by atoms with Crippen LogP contribution < -0.4 is 16.9 Å². The lowest BCUT2D eigenvalue weighted by molar-refractivity contribution is -0.0532. The minimum atomic E-state index is -4.14. The monoisotopic (exact) mass is 631 g/mol. The van der Waals surface area contributed by atoms with Crippen LogP contribution in [0.3, 0.4) is 0 Å². The number of hydrogen-bond acceptors (Lipinski definition) is 16. The molecular formula is C19H23FN11O9PS. The van der Waals surface area contributed by atoms with Crippen molar-refractivity contribution in [2.24, 2.45) is 0 Å². The standard InChI is InChI=1S/C19H23FN11O9PS/c20-9-12(33)7(39-18(9)30-13-10(26-28-30)15(34)23-5-22-13)1-2-37-41(36,42)40-8-3-6(4-32)38-17(8)31-14-11(27-29-31)16(35)25-19(21)24-14/h5-9,12,17-18,32-33H,1-4H2,(H,36,42)(H,22,23,34)(H3,21,24,25,35)/t6-,7+,8+,9-,12+,17+,18+,41?/m0/s1. The molecule has 0 aliphatic carbocycles. The Morgan fingerprint density at radius 3 is 2.62 bits per heavy atom. The van der Waals surface area contributed by atoms with Gasteiger partial charge in [0, 0.05) is 12.8 Å². The number of aromatic amines is 2. The number of alkyl halides is 1. The Labute approximate surface area is 237 Å². The van der Waals surface area contributed by atoms with Gasteiger partial charge in [-0.2, -0.15) is 14.3 Å². The Morgan fingerprint density at radius 2 is 1.88 bits per heavy atom. The minimum absolute atomic E-state index is 0.0352. The third-order valence-electron chi connectivity index (χ3n) is 6.67. The Bertz CT molecular complexity index is 1780. The Kier molecular flexibility index (Phi) is 7.55. The molecule has 2 saturated heterocycles. The normalized spacial score (nSPS) is 29.5. The fraction of sp³-hybridized carbons (Fsp3) is 0.579. The van der Waals surface area contributed by atoms with Gasteiger partial charge in [-0.05, 0) is 0 Å². The number of fused-ring (bicyclic) bond motifs is 2. The predicted octanol–water partition coefficient (Wildman–Crippen LogP) is -1.67. The molecule has 8 atom stereocenters. The van der Waals surface area contributed by atoms with Gasteiger partial charge in [0.05, 0.1) is 31.7 Å². The van der Waals surface area contributed by atoms with E-state index in [4.69, 9.17) is 24.3 Å². The van der Waals surface area contributed by atoms with E-state index in [-0.39, 0.29) is 47.7 Å². The summed E-state index contributed by atoms with van der Waals surface area (Å²) in [6.07, 6.45) is -8.12. The summed E-state index contributed by atoms with van der Waals surface area (Å²) in [6, 6.07) is 0. The Balaban J connectivity index is 1.12. The van der Waals surface area contributed by atoms with Gasteiger partial charge >= 0.3 is 6.80 Å². The molecule has 0 saturated carbocycles. The van der Waals surface area contributed by atoms with Crippen LogP contribution in [0, 0.1) is 0 Å². The molecule has 0 bridgehead atoms. The van der Waals surface area contributed by atoms with Crippen LogP contribution in [-0.2, 0) is 23.1 Å². The third kappa shape index (κ3) is 5.19. The molecule has 2 aliphatic rings. The molecule has 2 fully saturated rings. The molecule has 0 spiro atoms. The topological polar surface area (TPSA) is 273 Å². The lowest BCUT2D eigenvalue weighted by Crippen LogP contribution is -2.29. The molecule has 6 rings (SSSR count). The van der Waals surface area contributed by atoms with Crippen molar-refractivity contribution in [1.29, 1.82) is 0 Å². The van der Waals surface area contributed by atoms with Crippen molar-refractivity contribution in [3.05, 3.63) is 27.0 Å². The summed E-state index contributed by atoms with van der Waals surface area (Å²) in [7, 11) is 0. The number of rotatable bonds is 9. The zero-order valence-corrected chi connectivity index (χ0v) is 22.9. The molecule has 0 amide bonds. The van der Waals surface area contributed by atoms with Gasteiger partial charge in [-0.15, -0.1) is 10.2 Å². The van der Waals surface area contributed by atoms with E-state index in [1.165, 1.54) is 0 Å². The van der Waals surface area contributed by atoms with Gasteiger partial charge in [0.1, 0.15) is 12.2 Å². The smallest absolute Gasteiger partial charge is 0.386 e. The third-order valence-corrected chi connectivity index (χ3v) is 8.35. The summed E-state index contributed by atoms with van der Waals surface area (Å²) in [6.45, 7) is -4.90. The molecular weight excluding hydrogens is 608 g/mol. The zero-order valence-electron chi connectivity index (χ0n) is 21.1. The van der Waals surface area contributed by atoms with Crippen molar-refractivity contribution in [2.75, 3.05) is 18.9 Å². The first-order valence-electron chi connectivity index (χ1n) is 12.3. The second-order valence-electron chi connectivity index (χ2n) is 9.40. The first-order valence-corrected chi connectivity index (χ1v) is 15.0. The van der Waals surface area contributed by atoms with Crippen LogP contribution in [0.5, 0.6) is 0 Å². The second-order valence-corrected chi connectivity index (χ2v) is 12.3. The highest BCUT2D eigenvalue weighted by atomic mass is 32.7. The van der Waals surface area contributed by atoms with E-state index >= 15 is 0 Å². The van der Waals surface area contributed by atoms with E-state index in [0.717, 1.165) is 15.7 Å². The van der Waals surface area contributed by atoms with Crippen LogP contribution in [0.25, 0.3) is 22.3 Å². The molecule has 6 N–H and O–H groups in total. The number of nitrogens with one attached hydrogen (secondary N) is 2. The fourth-order valence-corrected chi connectivity index (χ4v) is 6.28. The maximum absolute atomic E-state index is 15.0. The molecule has 0 aromatic carbocycles. The van der Waals surface area contributed by atoms with Gasteiger partial charge in [-0.25, -0.2) is 13.9 Å². The van der Waals surface area contributed by atoms with E-state index in [0.29, 0.717) is 0 Å². The van der Waals surface area contributed by atoms with Gasteiger partial charge in [-0.1, -0.05) is 22.7 Å². The number of aliphatic hydroxyl groups is 2. The number of nitrogens with zero attached hydrogens (tertiary/aromatic N) is 8. The highest BCUT2D eigenvalue weighted by Crippen LogP contribution is 2.56. The zero-order chi connectivity index (χ0) is 29.8. The van der Waals surface area contributed by atoms with Gasteiger partial charge < -0.3 is 34.9 Å². The average molecular weight is 632 g/mol. The molecule has 4 aromatic rings. The van der Waals surface area contributed by atoms with E-state index in [1.54, 1.807) is 0 Å². The van der Waals surface area contributed by atoms with Gasteiger partial charge in [-0.3, -0.25) is 19.1 Å². The lowest BCUT2D eigenvalue weighted by atomic mass is 10.1. The van der Waals surface area contributed by atoms with Crippen LogP contribution in [0.4, 0.5) is 10.3 Å². The average Bonchev–Trinajstić information content (AvgIpc) is 3.71. The van der Waals surface area contributed by atoms with Crippen molar-refractivity contribution in [3.8, 4) is 0 Å². The summed E-state index contributed by atoms with van der Waals surface area (Å²) in [5.41, 5.74) is 4.06. The van der Waals surface area contributed by atoms with E-state index in [2.05, 4.69) is 52.8 Å². The molecule has 1 unspecified atom stereocenters. The number of thiol groups is 1. The molecule has 0 radical (unpaired) electrons. The van der Waals surface area contributed by atoms with Crippen molar-refractivity contribution in [3.63, 3.8) is 0 Å². The van der Waals surface area contributed by atoms with Crippen molar-refractivity contribution in [1.82, 2.24) is 49.9 Å². The van der Waals surface area contributed by atoms with Crippen LogP contribution in [0.15, 0.2) is 15.9 Å². The Morgan fingerprint density at radius 1 is 1.17 bits per heavy atom.